The van der Waals surface area contributed by atoms with E-state index >= 15 is 0 Å². The highest BCUT2D eigenvalue weighted by Gasteiger charge is 2.36. The highest BCUT2D eigenvalue weighted by molar-refractivity contribution is 6.20. The monoisotopic (exact) mass is 367 g/mol. The van der Waals surface area contributed by atoms with Crippen molar-refractivity contribution in [1.82, 2.24) is 5.06 Å². The Hall–Kier alpha value is -2.99. The zero-order chi connectivity index (χ0) is 19.6. The van der Waals surface area contributed by atoms with Gasteiger partial charge in [-0.3, -0.25) is 19.2 Å². The number of hydrogen-bond donors (Lipinski definition) is 0. The van der Waals surface area contributed by atoms with Crippen molar-refractivity contribution in [2.45, 2.75) is 32.8 Å². The van der Waals surface area contributed by atoms with Crippen molar-refractivity contribution in [3.05, 3.63) is 70.8 Å². The van der Waals surface area contributed by atoms with E-state index in [4.69, 9.17) is 9.57 Å². The fraction of sp³-hybridized carbons (Fsp3) is 0.286. The van der Waals surface area contributed by atoms with Gasteiger partial charge in [0.2, 0.25) is 0 Å². The largest absolute Gasteiger partial charge is 0.465 e. The standard InChI is InChI=1S/C21H21NO5/c1-4-26-20(25)21(2,3)15-9-7-8-14(12-15)13-27-22-18(23)16-10-5-6-11-17(16)19(22)24/h5-12H,4,13H2,1-3H3. The smallest absolute Gasteiger partial charge is 0.315 e. The molecular formula is C21H21NO5. The molecule has 1 heterocycles. The van der Waals surface area contributed by atoms with Crippen molar-refractivity contribution in [1.29, 1.82) is 0 Å². The van der Waals surface area contributed by atoms with Crippen molar-refractivity contribution >= 4 is 17.8 Å². The second-order valence-electron chi connectivity index (χ2n) is 6.77. The highest BCUT2D eigenvalue weighted by atomic mass is 16.7. The van der Waals surface area contributed by atoms with Gasteiger partial charge in [0.25, 0.3) is 11.8 Å². The second-order valence-corrected chi connectivity index (χ2v) is 6.77. The molecule has 140 valence electrons. The molecule has 2 amide bonds. The van der Waals surface area contributed by atoms with Crippen molar-refractivity contribution in [2.24, 2.45) is 0 Å². The maximum atomic E-state index is 12.3. The van der Waals surface area contributed by atoms with Gasteiger partial charge in [0.1, 0.15) is 6.61 Å². The van der Waals surface area contributed by atoms with Gasteiger partial charge in [-0.05, 0) is 44.0 Å². The fourth-order valence-electron chi connectivity index (χ4n) is 2.90. The first-order chi connectivity index (χ1) is 12.9. The fourth-order valence-corrected chi connectivity index (χ4v) is 2.90. The summed E-state index contributed by atoms with van der Waals surface area (Å²) in [5.74, 6) is -1.26. The van der Waals surface area contributed by atoms with E-state index in [2.05, 4.69) is 0 Å². The number of esters is 1. The number of imide groups is 1. The first-order valence-corrected chi connectivity index (χ1v) is 8.73. The number of fused-ring (bicyclic) bond motifs is 1. The number of benzene rings is 2. The molecular weight excluding hydrogens is 346 g/mol. The molecule has 0 saturated carbocycles. The lowest BCUT2D eigenvalue weighted by atomic mass is 9.84. The molecule has 0 bridgehead atoms. The van der Waals surface area contributed by atoms with Crippen molar-refractivity contribution < 1.29 is 24.0 Å². The number of hydroxylamine groups is 2. The van der Waals surface area contributed by atoms with Crippen LogP contribution >= 0.6 is 0 Å². The zero-order valence-electron chi connectivity index (χ0n) is 15.5. The van der Waals surface area contributed by atoms with E-state index in [1.807, 2.05) is 18.2 Å². The molecule has 3 rings (SSSR count). The average Bonchev–Trinajstić information content (AvgIpc) is 2.91. The van der Waals surface area contributed by atoms with Gasteiger partial charge in [0.15, 0.2) is 0 Å². The molecule has 0 saturated heterocycles. The average molecular weight is 367 g/mol. The van der Waals surface area contributed by atoms with Gasteiger partial charge in [-0.1, -0.05) is 36.4 Å². The summed E-state index contributed by atoms with van der Waals surface area (Å²) in [5, 5.41) is 0.786. The maximum Gasteiger partial charge on any atom is 0.315 e. The molecule has 0 radical (unpaired) electrons. The van der Waals surface area contributed by atoms with Gasteiger partial charge >= 0.3 is 5.97 Å². The Balaban J connectivity index is 1.74. The maximum absolute atomic E-state index is 12.3. The summed E-state index contributed by atoms with van der Waals surface area (Å²) in [6, 6.07) is 13.9. The molecule has 27 heavy (non-hydrogen) atoms. The molecule has 1 aliphatic rings. The van der Waals surface area contributed by atoms with Crippen LogP contribution in [-0.4, -0.2) is 29.5 Å². The van der Waals surface area contributed by atoms with Gasteiger partial charge in [0, 0.05) is 0 Å². The molecule has 0 spiro atoms. The Morgan fingerprint density at radius 1 is 1.00 bits per heavy atom. The Bertz CT molecular complexity index is 868. The summed E-state index contributed by atoms with van der Waals surface area (Å²) < 4.78 is 5.14. The summed E-state index contributed by atoms with van der Waals surface area (Å²) in [5.41, 5.74) is 1.35. The summed E-state index contributed by atoms with van der Waals surface area (Å²) in [6.45, 7) is 5.67. The predicted octanol–water partition coefficient (Wildman–Crippen LogP) is 3.26. The van der Waals surface area contributed by atoms with Crippen molar-refractivity contribution in [3.63, 3.8) is 0 Å². The third-order valence-electron chi connectivity index (χ3n) is 4.55. The molecule has 1 aliphatic heterocycles. The molecule has 2 aromatic carbocycles. The number of rotatable bonds is 6. The van der Waals surface area contributed by atoms with Crippen LogP contribution in [0.3, 0.4) is 0 Å². The number of hydrogen-bond acceptors (Lipinski definition) is 5. The number of carbonyl (C=O) groups excluding carboxylic acids is 3. The molecule has 0 aliphatic carbocycles. The minimum absolute atomic E-state index is 0.0260. The number of ether oxygens (including phenoxy) is 1. The van der Waals surface area contributed by atoms with Crippen LogP contribution in [0, 0.1) is 0 Å². The molecule has 0 atom stereocenters. The van der Waals surface area contributed by atoms with Crippen LogP contribution in [0.25, 0.3) is 0 Å². The minimum atomic E-state index is -0.818. The Kier molecular flexibility index (Phi) is 5.10. The zero-order valence-corrected chi connectivity index (χ0v) is 15.5. The minimum Gasteiger partial charge on any atom is -0.465 e. The predicted molar refractivity (Wildman–Crippen MR) is 97.8 cm³/mol. The molecule has 0 fully saturated rings. The van der Waals surface area contributed by atoms with Gasteiger partial charge < -0.3 is 4.74 Å². The van der Waals surface area contributed by atoms with E-state index in [0.717, 1.165) is 16.2 Å². The van der Waals surface area contributed by atoms with E-state index in [0.29, 0.717) is 17.7 Å². The third-order valence-corrected chi connectivity index (χ3v) is 4.55. The molecule has 6 heteroatoms. The van der Waals surface area contributed by atoms with E-state index < -0.39 is 17.2 Å². The highest BCUT2D eigenvalue weighted by Crippen LogP contribution is 2.27. The molecule has 0 unspecified atom stereocenters. The van der Waals surface area contributed by atoms with Crippen LogP contribution in [0.4, 0.5) is 0 Å². The summed E-state index contributed by atoms with van der Waals surface area (Å²) >= 11 is 0. The molecule has 2 aromatic rings. The summed E-state index contributed by atoms with van der Waals surface area (Å²) in [4.78, 5) is 42.4. The Morgan fingerprint density at radius 3 is 2.22 bits per heavy atom. The van der Waals surface area contributed by atoms with Crippen LogP contribution in [0.1, 0.15) is 52.6 Å². The van der Waals surface area contributed by atoms with Crippen LogP contribution in [0.2, 0.25) is 0 Å². The van der Waals surface area contributed by atoms with E-state index in [1.165, 1.54) is 0 Å². The second kappa shape index (κ2) is 7.32. The van der Waals surface area contributed by atoms with Gasteiger partial charge in [0.05, 0.1) is 23.1 Å². The first kappa shape index (κ1) is 18.8. The van der Waals surface area contributed by atoms with Gasteiger partial charge in [-0.2, -0.15) is 0 Å². The number of nitrogens with zero attached hydrogens (tertiary/aromatic N) is 1. The van der Waals surface area contributed by atoms with Crippen molar-refractivity contribution in [3.8, 4) is 0 Å². The summed E-state index contributed by atoms with van der Waals surface area (Å²) in [7, 11) is 0. The van der Waals surface area contributed by atoms with Crippen LogP contribution in [0.5, 0.6) is 0 Å². The van der Waals surface area contributed by atoms with Crippen LogP contribution in [0.15, 0.2) is 48.5 Å². The first-order valence-electron chi connectivity index (χ1n) is 8.73. The van der Waals surface area contributed by atoms with Crippen molar-refractivity contribution in [2.75, 3.05) is 6.61 Å². The number of carbonyl (C=O) groups is 3. The lowest BCUT2D eigenvalue weighted by Gasteiger charge is -2.23. The molecule has 0 N–H and O–H groups in total. The molecule has 6 nitrogen and oxygen atoms in total. The lowest BCUT2D eigenvalue weighted by Crippen LogP contribution is -2.31. The van der Waals surface area contributed by atoms with E-state index in [1.54, 1.807) is 51.1 Å². The van der Waals surface area contributed by atoms with Crippen LogP contribution < -0.4 is 0 Å². The van der Waals surface area contributed by atoms with Crippen LogP contribution in [-0.2, 0) is 26.4 Å². The lowest BCUT2D eigenvalue weighted by molar-refractivity contribution is -0.148. The Labute approximate surface area is 157 Å². The summed E-state index contributed by atoms with van der Waals surface area (Å²) in [6.07, 6.45) is 0. The SMILES string of the molecule is CCOC(=O)C(C)(C)c1cccc(CON2C(=O)c3ccccc3C2=O)c1. The normalized spacial score (nSPS) is 13.7. The van der Waals surface area contributed by atoms with Gasteiger partial charge in [-0.15, -0.1) is 5.06 Å². The quantitative estimate of drug-likeness (QED) is 0.579. The third kappa shape index (κ3) is 3.48. The molecule has 0 aromatic heterocycles. The Morgan fingerprint density at radius 2 is 1.63 bits per heavy atom. The van der Waals surface area contributed by atoms with E-state index in [-0.39, 0.29) is 12.6 Å². The van der Waals surface area contributed by atoms with Gasteiger partial charge in [-0.25, -0.2) is 0 Å². The van der Waals surface area contributed by atoms with E-state index in [9.17, 15) is 14.4 Å². The number of amides is 2. The topological polar surface area (TPSA) is 72.9 Å².